The molecule has 0 bridgehead atoms. The minimum Gasteiger partial charge on any atom is -0.486 e. The molecule has 2 N–H and O–H groups in total. The van der Waals surface area contributed by atoms with Gasteiger partial charge in [0.2, 0.25) is 5.91 Å². The van der Waals surface area contributed by atoms with E-state index in [1.54, 1.807) is 5.38 Å². The van der Waals surface area contributed by atoms with Crippen molar-refractivity contribution in [2.45, 2.75) is 24.7 Å². The van der Waals surface area contributed by atoms with Crippen molar-refractivity contribution in [2.75, 3.05) is 19.8 Å². The molecule has 1 amide bonds. The second kappa shape index (κ2) is 5.98. The van der Waals surface area contributed by atoms with Crippen molar-refractivity contribution in [3.63, 3.8) is 0 Å². The molecule has 0 radical (unpaired) electrons. The highest BCUT2D eigenvalue weighted by molar-refractivity contribution is 7.07. The summed E-state index contributed by atoms with van der Waals surface area (Å²) in [5.41, 5.74) is 1.39. The zero-order valence-electron chi connectivity index (χ0n) is 13.1. The summed E-state index contributed by atoms with van der Waals surface area (Å²) in [6.07, 6.45) is 2.31. The van der Waals surface area contributed by atoms with E-state index in [9.17, 15) is 9.59 Å². The Bertz CT molecular complexity index is 822. The number of rotatable bonds is 5. The first-order chi connectivity index (χ1) is 11.7. The fourth-order valence-electron chi connectivity index (χ4n) is 3.03. The lowest BCUT2D eigenvalue weighted by Crippen LogP contribution is -2.36. The Balaban J connectivity index is 1.42. The molecule has 0 unspecified atom stereocenters. The molecule has 126 valence electrons. The van der Waals surface area contributed by atoms with Gasteiger partial charge in [0.1, 0.15) is 13.2 Å². The quantitative estimate of drug-likeness (QED) is 0.862. The Hall–Kier alpha value is -2.28. The van der Waals surface area contributed by atoms with E-state index < -0.39 is 5.41 Å². The van der Waals surface area contributed by atoms with Crippen LogP contribution in [0.3, 0.4) is 0 Å². The number of thiazole rings is 1. The van der Waals surface area contributed by atoms with E-state index in [1.807, 2.05) is 18.2 Å². The van der Waals surface area contributed by atoms with E-state index in [0.717, 1.165) is 41.2 Å². The minimum absolute atomic E-state index is 0.0387. The molecule has 7 heteroatoms. The smallest absolute Gasteiger partial charge is 0.304 e. The molecule has 1 fully saturated rings. The predicted molar refractivity (Wildman–Crippen MR) is 90.0 cm³/mol. The molecule has 0 spiro atoms. The Morgan fingerprint density at radius 3 is 2.75 bits per heavy atom. The molecule has 2 aliphatic rings. The molecule has 2 heterocycles. The van der Waals surface area contributed by atoms with Crippen LogP contribution in [-0.2, 0) is 16.6 Å². The van der Waals surface area contributed by atoms with Gasteiger partial charge >= 0.3 is 4.87 Å². The highest BCUT2D eigenvalue weighted by Gasteiger charge is 2.51. The van der Waals surface area contributed by atoms with Crippen molar-refractivity contribution < 1.29 is 14.3 Å². The van der Waals surface area contributed by atoms with Crippen molar-refractivity contribution >= 4 is 17.2 Å². The maximum Gasteiger partial charge on any atom is 0.304 e. The molecule has 0 saturated heterocycles. The van der Waals surface area contributed by atoms with E-state index in [4.69, 9.17) is 9.47 Å². The molecular formula is C17H18N2O4S. The molecule has 2 aromatic rings. The van der Waals surface area contributed by atoms with Crippen molar-refractivity contribution in [2.24, 2.45) is 0 Å². The maximum atomic E-state index is 12.6. The minimum atomic E-state index is -0.447. The number of hydrogen-bond acceptors (Lipinski definition) is 5. The summed E-state index contributed by atoms with van der Waals surface area (Å²) in [5, 5.41) is 4.79. The van der Waals surface area contributed by atoms with Crippen LogP contribution in [0, 0.1) is 0 Å². The van der Waals surface area contributed by atoms with Gasteiger partial charge in [-0.05, 0) is 30.5 Å². The van der Waals surface area contributed by atoms with E-state index in [2.05, 4.69) is 10.3 Å². The van der Waals surface area contributed by atoms with Crippen LogP contribution in [0.4, 0.5) is 0 Å². The number of carbonyl (C=O) groups excluding carboxylic acids is 1. The lowest BCUT2D eigenvalue weighted by molar-refractivity contribution is -0.123. The highest BCUT2D eigenvalue weighted by atomic mass is 32.1. The maximum absolute atomic E-state index is 12.6. The van der Waals surface area contributed by atoms with E-state index in [0.29, 0.717) is 31.9 Å². The first-order valence-corrected chi connectivity index (χ1v) is 8.90. The summed E-state index contributed by atoms with van der Waals surface area (Å²) in [4.78, 5) is 26.4. The standard InChI is InChI=1S/C17H18N2O4S/c20-15(18-6-3-12-10-24-16(21)19-12)17(4-5-17)11-1-2-13-14(9-11)23-8-7-22-13/h1-2,9-10H,3-8H2,(H,18,20)(H,19,21). The summed E-state index contributed by atoms with van der Waals surface area (Å²) < 4.78 is 11.2. The average Bonchev–Trinajstić information content (AvgIpc) is 3.32. The van der Waals surface area contributed by atoms with Crippen molar-refractivity contribution in [1.29, 1.82) is 0 Å². The van der Waals surface area contributed by atoms with Gasteiger partial charge in [0, 0.05) is 24.0 Å². The van der Waals surface area contributed by atoms with E-state index in [-0.39, 0.29) is 10.8 Å². The first kappa shape index (κ1) is 15.3. The fraction of sp³-hybridized carbons (Fsp3) is 0.412. The third kappa shape index (κ3) is 2.80. The van der Waals surface area contributed by atoms with Gasteiger partial charge in [-0.25, -0.2) is 0 Å². The molecule has 1 saturated carbocycles. The van der Waals surface area contributed by atoms with Crippen LogP contribution in [0.25, 0.3) is 0 Å². The van der Waals surface area contributed by atoms with E-state index in [1.165, 1.54) is 0 Å². The number of ether oxygens (including phenoxy) is 2. The Morgan fingerprint density at radius 2 is 2.04 bits per heavy atom. The Kier molecular flexibility index (Phi) is 3.80. The molecule has 1 aliphatic carbocycles. The second-order valence-electron chi connectivity index (χ2n) is 6.12. The van der Waals surface area contributed by atoms with Gasteiger partial charge in [0.15, 0.2) is 11.5 Å². The number of H-pyrrole nitrogens is 1. The first-order valence-electron chi connectivity index (χ1n) is 8.02. The predicted octanol–water partition coefficient (Wildman–Crippen LogP) is 1.60. The van der Waals surface area contributed by atoms with E-state index >= 15 is 0 Å². The van der Waals surface area contributed by atoms with Crippen molar-refractivity contribution in [3.05, 3.63) is 44.5 Å². The molecule has 6 nitrogen and oxygen atoms in total. The van der Waals surface area contributed by atoms with Crippen LogP contribution in [0.2, 0.25) is 0 Å². The van der Waals surface area contributed by atoms with Crippen LogP contribution < -0.4 is 19.7 Å². The summed E-state index contributed by atoms with van der Waals surface area (Å²) in [5.74, 6) is 1.49. The molecule has 1 aliphatic heterocycles. The topological polar surface area (TPSA) is 80.4 Å². The van der Waals surface area contributed by atoms with Crippen LogP contribution in [0.5, 0.6) is 11.5 Å². The van der Waals surface area contributed by atoms with Gasteiger partial charge in [-0.2, -0.15) is 0 Å². The van der Waals surface area contributed by atoms with Crippen LogP contribution >= 0.6 is 11.3 Å². The number of aromatic nitrogens is 1. The summed E-state index contributed by atoms with van der Waals surface area (Å²) in [6.45, 7) is 1.61. The second-order valence-corrected chi connectivity index (χ2v) is 6.96. The normalized spacial score (nSPS) is 17.3. The van der Waals surface area contributed by atoms with Crippen molar-refractivity contribution in [1.82, 2.24) is 10.3 Å². The van der Waals surface area contributed by atoms with Crippen LogP contribution in [0.15, 0.2) is 28.4 Å². The third-order valence-electron chi connectivity index (χ3n) is 4.53. The van der Waals surface area contributed by atoms with Gasteiger partial charge in [0.05, 0.1) is 5.41 Å². The summed E-state index contributed by atoms with van der Waals surface area (Å²) in [6, 6.07) is 5.77. The zero-order valence-corrected chi connectivity index (χ0v) is 13.9. The molecule has 1 aromatic carbocycles. The van der Waals surface area contributed by atoms with Crippen LogP contribution in [-0.4, -0.2) is 30.6 Å². The van der Waals surface area contributed by atoms with Gasteiger partial charge in [-0.1, -0.05) is 17.4 Å². The SMILES string of the molecule is O=C(NCCc1csc(=O)[nH]1)C1(c2ccc3c(c2)OCCO3)CC1. The zero-order chi connectivity index (χ0) is 16.6. The number of nitrogens with one attached hydrogen (secondary N) is 2. The number of fused-ring (bicyclic) bond motifs is 1. The Morgan fingerprint density at radius 1 is 1.25 bits per heavy atom. The average molecular weight is 346 g/mol. The van der Waals surface area contributed by atoms with Crippen LogP contribution in [0.1, 0.15) is 24.1 Å². The molecule has 0 atom stereocenters. The monoisotopic (exact) mass is 346 g/mol. The number of carbonyl (C=O) groups is 1. The van der Waals surface area contributed by atoms with Gasteiger partial charge in [-0.3, -0.25) is 9.59 Å². The van der Waals surface area contributed by atoms with Gasteiger partial charge in [-0.15, -0.1) is 0 Å². The Labute approximate surface area is 142 Å². The summed E-state index contributed by atoms with van der Waals surface area (Å²) >= 11 is 1.14. The largest absolute Gasteiger partial charge is 0.486 e. The lowest BCUT2D eigenvalue weighted by Gasteiger charge is -2.21. The number of amides is 1. The van der Waals surface area contributed by atoms with Gasteiger partial charge < -0.3 is 19.8 Å². The summed E-state index contributed by atoms with van der Waals surface area (Å²) in [7, 11) is 0. The number of aromatic amines is 1. The molecule has 24 heavy (non-hydrogen) atoms. The van der Waals surface area contributed by atoms with Gasteiger partial charge in [0.25, 0.3) is 0 Å². The van der Waals surface area contributed by atoms with Crippen molar-refractivity contribution in [3.8, 4) is 11.5 Å². The molecular weight excluding hydrogens is 328 g/mol. The molecule has 4 rings (SSSR count). The highest BCUT2D eigenvalue weighted by Crippen LogP contribution is 2.50. The fourth-order valence-corrected chi connectivity index (χ4v) is 3.64. The number of benzene rings is 1. The number of hydrogen-bond donors (Lipinski definition) is 2. The molecule has 1 aromatic heterocycles. The third-order valence-corrected chi connectivity index (χ3v) is 5.25. The lowest BCUT2D eigenvalue weighted by atomic mass is 9.94.